The number of aromatic nitrogens is 1. The molecule has 1 saturated carbocycles. The molecule has 1 aromatic heterocycles. The van der Waals surface area contributed by atoms with Crippen molar-refractivity contribution in [2.24, 2.45) is 11.8 Å². The zero-order valence-electron chi connectivity index (χ0n) is 11.4. The summed E-state index contributed by atoms with van der Waals surface area (Å²) < 4.78 is 5.59. The normalized spacial score (nSPS) is 25.0. The number of carbonyl (C=O) groups is 2. The molecule has 0 spiro atoms. The Morgan fingerprint density at radius 2 is 1.95 bits per heavy atom. The van der Waals surface area contributed by atoms with Gasteiger partial charge in [0.25, 0.3) is 0 Å². The predicted molar refractivity (Wildman–Crippen MR) is 74.8 cm³/mol. The van der Waals surface area contributed by atoms with Crippen molar-refractivity contribution in [3.8, 4) is 0 Å². The number of amides is 2. The van der Waals surface area contributed by atoms with Gasteiger partial charge in [-0.1, -0.05) is 6.42 Å². The molecule has 21 heavy (non-hydrogen) atoms. The summed E-state index contributed by atoms with van der Waals surface area (Å²) in [5, 5.41) is 0. The van der Waals surface area contributed by atoms with Gasteiger partial charge in [0.1, 0.15) is 12.1 Å². The fourth-order valence-electron chi connectivity index (χ4n) is 3.41. The molecular weight excluding hydrogens is 270 g/mol. The van der Waals surface area contributed by atoms with Crippen molar-refractivity contribution >= 4 is 28.6 Å². The molecule has 1 aliphatic carbocycles. The second kappa shape index (κ2) is 4.31. The summed E-state index contributed by atoms with van der Waals surface area (Å²) in [5.41, 5.74) is 7.56. The fourth-order valence-corrected chi connectivity index (χ4v) is 3.41. The van der Waals surface area contributed by atoms with Gasteiger partial charge in [-0.3, -0.25) is 14.5 Å². The van der Waals surface area contributed by atoms with Crippen LogP contribution < -0.4 is 5.73 Å². The zero-order valence-corrected chi connectivity index (χ0v) is 11.4. The minimum atomic E-state index is -0.127. The van der Waals surface area contributed by atoms with Gasteiger partial charge in [0.2, 0.25) is 17.7 Å². The average Bonchev–Trinajstić information content (AvgIpc) is 3.12. The molecular formula is C15H15N3O3. The smallest absolute Gasteiger partial charge is 0.233 e. The monoisotopic (exact) mass is 285 g/mol. The number of fused-ring (bicyclic) bond motifs is 2. The number of nitrogens with zero attached hydrogens (tertiary/aromatic N) is 2. The first-order valence-corrected chi connectivity index (χ1v) is 7.13. The SMILES string of the molecule is Nc1ccc2oc(CN3C(=O)C4CCCC4C3=O)nc2c1. The summed E-state index contributed by atoms with van der Waals surface area (Å²) in [6.45, 7) is 0.110. The Bertz CT molecular complexity index is 730. The Morgan fingerprint density at radius 1 is 1.24 bits per heavy atom. The molecule has 0 radical (unpaired) electrons. The zero-order chi connectivity index (χ0) is 14.6. The summed E-state index contributed by atoms with van der Waals surface area (Å²) in [6, 6.07) is 5.18. The molecule has 6 heteroatoms. The fraction of sp³-hybridized carbons (Fsp3) is 0.400. The molecule has 2 fully saturated rings. The van der Waals surface area contributed by atoms with Gasteiger partial charge in [0.15, 0.2) is 5.58 Å². The molecule has 2 heterocycles. The summed E-state index contributed by atoms with van der Waals surface area (Å²) in [5.74, 6) is -0.0409. The Balaban J connectivity index is 1.62. The molecule has 6 nitrogen and oxygen atoms in total. The quantitative estimate of drug-likeness (QED) is 0.670. The Morgan fingerprint density at radius 3 is 2.67 bits per heavy atom. The van der Waals surface area contributed by atoms with Crippen LogP contribution in [0, 0.1) is 11.8 Å². The number of likely N-dealkylation sites (tertiary alicyclic amines) is 1. The highest BCUT2D eigenvalue weighted by atomic mass is 16.3. The summed E-state index contributed by atoms with van der Waals surface area (Å²) in [6.07, 6.45) is 2.59. The minimum Gasteiger partial charge on any atom is -0.439 e. The number of benzene rings is 1. The van der Waals surface area contributed by atoms with Crippen molar-refractivity contribution in [2.75, 3.05) is 5.73 Å². The van der Waals surface area contributed by atoms with Gasteiger partial charge in [0.05, 0.1) is 11.8 Å². The molecule has 2 unspecified atom stereocenters. The third-order valence-corrected chi connectivity index (χ3v) is 4.43. The number of hydrogen-bond donors (Lipinski definition) is 1. The highest BCUT2D eigenvalue weighted by molar-refractivity contribution is 6.05. The lowest BCUT2D eigenvalue weighted by molar-refractivity contribution is -0.141. The maximum Gasteiger partial charge on any atom is 0.233 e. The molecule has 108 valence electrons. The van der Waals surface area contributed by atoms with Crippen molar-refractivity contribution in [1.82, 2.24) is 9.88 Å². The molecule has 0 bridgehead atoms. The number of imide groups is 1. The topological polar surface area (TPSA) is 89.4 Å². The third kappa shape index (κ3) is 1.82. The summed E-state index contributed by atoms with van der Waals surface area (Å²) >= 11 is 0. The molecule has 4 rings (SSSR count). The second-order valence-corrected chi connectivity index (χ2v) is 5.74. The van der Waals surface area contributed by atoms with E-state index >= 15 is 0 Å². The van der Waals surface area contributed by atoms with Crippen molar-refractivity contribution in [3.63, 3.8) is 0 Å². The molecule has 2 aromatic rings. The number of rotatable bonds is 2. The molecule has 1 aliphatic heterocycles. The van der Waals surface area contributed by atoms with Crippen molar-refractivity contribution in [1.29, 1.82) is 0 Å². The summed E-state index contributed by atoms with van der Waals surface area (Å²) in [4.78, 5) is 30.2. The van der Waals surface area contributed by atoms with Gasteiger partial charge < -0.3 is 10.2 Å². The molecule has 2 amide bonds. The van der Waals surface area contributed by atoms with Crippen LogP contribution in [0.25, 0.3) is 11.1 Å². The van der Waals surface area contributed by atoms with E-state index in [4.69, 9.17) is 10.2 Å². The minimum absolute atomic E-state index is 0.0794. The molecule has 1 aromatic carbocycles. The summed E-state index contributed by atoms with van der Waals surface area (Å²) in [7, 11) is 0. The first-order chi connectivity index (χ1) is 10.1. The standard InChI is InChI=1S/C15H15N3O3/c16-8-4-5-12-11(6-8)17-13(21-12)7-18-14(19)9-2-1-3-10(9)15(18)20/h4-6,9-10H,1-3,7,16H2. The lowest BCUT2D eigenvalue weighted by atomic mass is 10.00. The number of anilines is 1. The van der Waals surface area contributed by atoms with E-state index in [1.54, 1.807) is 18.2 Å². The van der Waals surface area contributed by atoms with Gasteiger partial charge in [-0.25, -0.2) is 4.98 Å². The van der Waals surface area contributed by atoms with Crippen molar-refractivity contribution in [3.05, 3.63) is 24.1 Å². The van der Waals surface area contributed by atoms with Crippen LogP contribution in [0.5, 0.6) is 0 Å². The number of hydrogen-bond acceptors (Lipinski definition) is 5. The Labute approximate surface area is 120 Å². The van der Waals surface area contributed by atoms with Crippen LogP contribution in [-0.2, 0) is 16.1 Å². The van der Waals surface area contributed by atoms with E-state index in [0.717, 1.165) is 19.3 Å². The Hall–Kier alpha value is -2.37. The maximum atomic E-state index is 12.3. The van der Waals surface area contributed by atoms with Crippen molar-refractivity contribution in [2.45, 2.75) is 25.8 Å². The van der Waals surface area contributed by atoms with E-state index in [2.05, 4.69) is 4.98 Å². The lowest BCUT2D eigenvalue weighted by Gasteiger charge is -2.13. The Kier molecular flexibility index (Phi) is 2.54. The maximum absolute atomic E-state index is 12.3. The molecule has 2 aliphatic rings. The predicted octanol–water partition coefficient (Wildman–Crippen LogP) is 1.70. The van der Waals surface area contributed by atoms with Gasteiger partial charge in [0, 0.05) is 5.69 Å². The molecule has 2 atom stereocenters. The number of oxazole rings is 1. The first-order valence-electron chi connectivity index (χ1n) is 7.13. The van der Waals surface area contributed by atoms with Gasteiger partial charge in [-0.15, -0.1) is 0 Å². The highest BCUT2D eigenvalue weighted by Gasteiger charge is 2.49. The molecule has 1 saturated heterocycles. The van der Waals surface area contributed by atoms with E-state index in [0.29, 0.717) is 22.7 Å². The van der Waals surface area contributed by atoms with E-state index < -0.39 is 0 Å². The van der Waals surface area contributed by atoms with E-state index in [9.17, 15) is 9.59 Å². The second-order valence-electron chi connectivity index (χ2n) is 5.74. The van der Waals surface area contributed by atoms with Crippen LogP contribution in [0.3, 0.4) is 0 Å². The van der Waals surface area contributed by atoms with E-state index in [1.807, 2.05) is 0 Å². The van der Waals surface area contributed by atoms with Gasteiger partial charge in [-0.2, -0.15) is 0 Å². The number of nitrogens with two attached hydrogens (primary N) is 1. The van der Waals surface area contributed by atoms with Gasteiger partial charge in [-0.05, 0) is 31.0 Å². The van der Waals surface area contributed by atoms with Crippen LogP contribution >= 0.6 is 0 Å². The van der Waals surface area contributed by atoms with E-state index in [1.165, 1.54) is 4.90 Å². The van der Waals surface area contributed by atoms with Crippen LogP contribution in [0.15, 0.2) is 22.6 Å². The number of carbonyl (C=O) groups excluding carboxylic acids is 2. The van der Waals surface area contributed by atoms with Gasteiger partial charge >= 0.3 is 0 Å². The van der Waals surface area contributed by atoms with Crippen LogP contribution in [0.2, 0.25) is 0 Å². The number of nitrogen functional groups attached to an aromatic ring is 1. The average molecular weight is 285 g/mol. The third-order valence-electron chi connectivity index (χ3n) is 4.43. The van der Waals surface area contributed by atoms with E-state index in [-0.39, 0.29) is 30.2 Å². The van der Waals surface area contributed by atoms with Crippen LogP contribution in [0.1, 0.15) is 25.2 Å². The largest absolute Gasteiger partial charge is 0.439 e. The van der Waals surface area contributed by atoms with Crippen LogP contribution in [0.4, 0.5) is 5.69 Å². The highest BCUT2D eigenvalue weighted by Crippen LogP contribution is 2.40. The lowest BCUT2D eigenvalue weighted by Crippen LogP contribution is -2.31. The first kappa shape index (κ1) is 12.4. The van der Waals surface area contributed by atoms with Crippen molar-refractivity contribution < 1.29 is 14.0 Å². The molecule has 2 N–H and O–H groups in total. The van der Waals surface area contributed by atoms with Crippen LogP contribution in [-0.4, -0.2) is 21.7 Å².